The molecule has 0 aliphatic heterocycles. The average molecular weight is 349 g/mol. The number of anilines is 1. The summed E-state index contributed by atoms with van der Waals surface area (Å²) in [4.78, 5) is 28.9. The fourth-order valence-corrected chi connectivity index (χ4v) is 3.35. The number of rotatable bonds is 4. The van der Waals surface area contributed by atoms with E-state index in [-0.39, 0.29) is 24.3 Å². The van der Waals surface area contributed by atoms with E-state index in [2.05, 4.69) is 25.8 Å². The van der Waals surface area contributed by atoms with Gasteiger partial charge in [0.2, 0.25) is 11.8 Å². The van der Waals surface area contributed by atoms with Crippen molar-refractivity contribution >= 4 is 28.4 Å². The van der Waals surface area contributed by atoms with Gasteiger partial charge in [0.05, 0.1) is 23.9 Å². The van der Waals surface area contributed by atoms with Crippen molar-refractivity contribution in [2.45, 2.75) is 19.3 Å². The normalized spacial score (nSPS) is 16.1. The van der Waals surface area contributed by atoms with E-state index in [4.69, 9.17) is 0 Å². The molecule has 1 aliphatic carbocycles. The second-order valence-electron chi connectivity index (χ2n) is 6.46. The number of aryl methyl sites for hydroxylation is 1. The maximum Gasteiger partial charge on any atom is 0.243 e. The number of nitrogens with one attached hydrogen (secondary N) is 3. The van der Waals surface area contributed by atoms with E-state index >= 15 is 0 Å². The van der Waals surface area contributed by atoms with E-state index in [9.17, 15) is 9.59 Å². The summed E-state index contributed by atoms with van der Waals surface area (Å²) in [5, 5.41) is 13.5. The number of para-hydroxylation sites is 1. The molecule has 0 fully saturated rings. The fraction of sp³-hybridized carbons (Fsp3) is 0.263. The van der Waals surface area contributed by atoms with E-state index in [0.717, 1.165) is 35.0 Å². The zero-order valence-electron chi connectivity index (χ0n) is 14.2. The summed E-state index contributed by atoms with van der Waals surface area (Å²) in [5.74, 6) is -0.480. The number of pyridine rings is 1. The summed E-state index contributed by atoms with van der Waals surface area (Å²) in [6, 6.07) is 9.39. The summed E-state index contributed by atoms with van der Waals surface area (Å²) in [6.45, 7) is -0.0587. The minimum Gasteiger partial charge on any atom is -0.347 e. The predicted molar refractivity (Wildman–Crippen MR) is 97.5 cm³/mol. The molecule has 7 heteroatoms. The fourth-order valence-electron chi connectivity index (χ4n) is 3.35. The maximum atomic E-state index is 12.4. The molecule has 2 aromatic heterocycles. The summed E-state index contributed by atoms with van der Waals surface area (Å²) in [6.07, 6.45) is 5.69. The summed E-state index contributed by atoms with van der Waals surface area (Å²) in [5.41, 5.74) is 3.57. The number of benzene rings is 1. The van der Waals surface area contributed by atoms with Crippen molar-refractivity contribution in [3.8, 4) is 0 Å². The monoisotopic (exact) mass is 349 g/mol. The number of amides is 2. The number of hydrogen-bond acceptors (Lipinski definition) is 4. The van der Waals surface area contributed by atoms with Crippen LogP contribution < -0.4 is 10.6 Å². The number of nitrogens with zero attached hydrogens (tertiary/aromatic N) is 2. The van der Waals surface area contributed by atoms with E-state index in [1.165, 1.54) is 0 Å². The van der Waals surface area contributed by atoms with Crippen LogP contribution in [0.2, 0.25) is 0 Å². The predicted octanol–water partition coefficient (Wildman–Crippen LogP) is 1.82. The van der Waals surface area contributed by atoms with Crippen LogP contribution in [0, 0.1) is 5.92 Å². The third-order valence-electron chi connectivity index (χ3n) is 4.72. The van der Waals surface area contributed by atoms with Gasteiger partial charge in [0.1, 0.15) is 0 Å². The molecular weight excluding hydrogens is 330 g/mol. The molecule has 0 radical (unpaired) electrons. The molecule has 0 unspecified atom stereocenters. The highest BCUT2D eigenvalue weighted by Crippen LogP contribution is 2.24. The van der Waals surface area contributed by atoms with Crippen molar-refractivity contribution in [1.29, 1.82) is 0 Å². The van der Waals surface area contributed by atoms with Crippen LogP contribution in [-0.2, 0) is 22.4 Å². The van der Waals surface area contributed by atoms with Gasteiger partial charge in [-0.2, -0.15) is 5.10 Å². The number of carbonyl (C=O) groups excluding carboxylic acids is 2. The van der Waals surface area contributed by atoms with Crippen LogP contribution in [-0.4, -0.2) is 33.5 Å². The van der Waals surface area contributed by atoms with Gasteiger partial charge in [-0.15, -0.1) is 0 Å². The van der Waals surface area contributed by atoms with Gasteiger partial charge in [-0.3, -0.25) is 19.7 Å². The molecule has 1 aromatic carbocycles. The molecule has 3 aromatic rings. The Bertz CT molecular complexity index is 960. The number of aromatic amines is 1. The molecule has 1 atom stereocenters. The van der Waals surface area contributed by atoms with Gasteiger partial charge in [0, 0.05) is 23.2 Å². The zero-order valence-corrected chi connectivity index (χ0v) is 14.2. The minimum atomic E-state index is -0.267. The molecule has 1 aliphatic rings. The van der Waals surface area contributed by atoms with E-state index in [0.29, 0.717) is 12.1 Å². The Labute approximate surface area is 150 Å². The van der Waals surface area contributed by atoms with E-state index < -0.39 is 0 Å². The number of carbonyl (C=O) groups is 2. The first kappa shape index (κ1) is 16.3. The Balaban J connectivity index is 1.35. The topological polar surface area (TPSA) is 99.8 Å². The number of H-pyrrole nitrogens is 1. The lowest BCUT2D eigenvalue weighted by Crippen LogP contribution is -2.38. The van der Waals surface area contributed by atoms with Crippen molar-refractivity contribution in [2.24, 2.45) is 5.92 Å². The lowest BCUT2D eigenvalue weighted by molar-refractivity contribution is -0.127. The number of hydrogen-bond donors (Lipinski definition) is 3. The van der Waals surface area contributed by atoms with Crippen LogP contribution in [0.4, 0.5) is 5.69 Å². The van der Waals surface area contributed by atoms with E-state index in [1.807, 2.05) is 24.3 Å². The van der Waals surface area contributed by atoms with Crippen LogP contribution in [0.15, 0.2) is 42.7 Å². The summed E-state index contributed by atoms with van der Waals surface area (Å²) in [7, 11) is 0. The third-order valence-corrected chi connectivity index (χ3v) is 4.72. The van der Waals surface area contributed by atoms with Crippen molar-refractivity contribution < 1.29 is 9.59 Å². The highest BCUT2D eigenvalue weighted by molar-refractivity contribution is 6.01. The summed E-state index contributed by atoms with van der Waals surface area (Å²) >= 11 is 0. The lowest BCUT2D eigenvalue weighted by Gasteiger charge is -2.20. The zero-order chi connectivity index (χ0) is 17.9. The Kier molecular flexibility index (Phi) is 4.35. The first-order valence-corrected chi connectivity index (χ1v) is 8.63. The molecule has 4 rings (SSSR count). The van der Waals surface area contributed by atoms with Crippen molar-refractivity contribution in [3.63, 3.8) is 0 Å². The van der Waals surface area contributed by atoms with Crippen molar-refractivity contribution in [1.82, 2.24) is 20.5 Å². The Morgan fingerprint density at radius 3 is 3.04 bits per heavy atom. The summed E-state index contributed by atoms with van der Waals surface area (Å²) < 4.78 is 0. The lowest BCUT2D eigenvalue weighted by atomic mass is 9.87. The molecule has 132 valence electrons. The van der Waals surface area contributed by atoms with E-state index in [1.54, 1.807) is 18.5 Å². The third kappa shape index (κ3) is 3.28. The molecule has 26 heavy (non-hydrogen) atoms. The highest BCUT2D eigenvalue weighted by atomic mass is 16.2. The second-order valence-corrected chi connectivity index (χ2v) is 6.46. The van der Waals surface area contributed by atoms with Gasteiger partial charge in [0.25, 0.3) is 0 Å². The molecule has 2 heterocycles. The average Bonchev–Trinajstić information content (AvgIpc) is 3.14. The van der Waals surface area contributed by atoms with Gasteiger partial charge in [-0.05, 0) is 37.0 Å². The smallest absolute Gasteiger partial charge is 0.243 e. The molecule has 0 saturated heterocycles. The second kappa shape index (κ2) is 6.95. The first-order chi connectivity index (χ1) is 12.7. The van der Waals surface area contributed by atoms with Crippen LogP contribution >= 0.6 is 0 Å². The Morgan fingerprint density at radius 2 is 2.12 bits per heavy atom. The van der Waals surface area contributed by atoms with Gasteiger partial charge in [0.15, 0.2) is 0 Å². The van der Waals surface area contributed by atoms with Crippen LogP contribution in [0.1, 0.15) is 17.7 Å². The molecule has 0 bridgehead atoms. The molecule has 7 nitrogen and oxygen atoms in total. The van der Waals surface area contributed by atoms with Crippen LogP contribution in [0.5, 0.6) is 0 Å². The van der Waals surface area contributed by atoms with Gasteiger partial charge in [-0.1, -0.05) is 18.2 Å². The standard InChI is InChI=1S/C19H19N5O2/c25-17(23-16-5-1-3-12-4-2-8-20-18(12)16)11-21-19(26)13-6-7-15-14(9-13)10-22-24-15/h1-5,8,10,13H,6-7,9,11H2,(H,21,26)(H,22,24)(H,23,25)/t13-/m1/s1. The molecule has 0 spiro atoms. The number of aromatic nitrogens is 3. The molecule has 0 saturated carbocycles. The van der Waals surface area contributed by atoms with Crippen LogP contribution in [0.3, 0.4) is 0 Å². The van der Waals surface area contributed by atoms with Crippen molar-refractivity contribution in [2.75, 3.05) is 11.9 Å². The number of fused-ring (bicyclic) bond motifs is 2. The molecular formula is C19H19N5O2. The van der Waals surface area contributed by atoms with Gasteiger partial charge in [-0.25, -0.2) is 0 Å². The van der Waals surface area contributed by atoms with Crippen molar-refractivity contribution in [3.05, 3.63) is 54.0 Å². The molecule has 3 N–H and O–H groups in total. The SMILES string of the molecule is O=C(CNC(=O)[C@@H]1CCc2[nH]ncc2C1)Nc1cccc2cccnc12. The highest BCUT2D eigenvalue weighted by Gasteiger charge is 2.25. The van der Waals surface area contributed by atoms with Crippen LogP contribution in [0.25, 0.3) is 10.9 Å². The Hall–Kier alpha value is -3.22. The maximum absolute atomic E-state index is 12.4. The van der Waals surface area contributed by atoms with Gasteiger partial charge < -0.3 is 10.6 Å². The largest absolute Gasteiger partial charge is 0.347 e. The quantitative estimate of drug-likeness (QED) is 0.669. The first-order valence-electron chi connectivity index (χ1n) is 8.63. The molecule has 2 amide bonds. The minimum absolute atomic E-state index is 0.0587. The van der Waals surface area contributed by atoms with Gasteiger partial charge >= 0.3 is 0 Å². The Morgan fingerprint density at radius 1 is 1.23 bits per heavy atom.